The van der Waals surface area contributed by atoms with Crippen LogP contribution in [0.2, 0.25) is 0 Å². The summed E-state index contributed by atoms with van der Waals surface area (Å²) in [6.07, 6.45) is 1.31. The van der Waals surface area contributed by atoms with Gasteiger partial charge in [-0.25, -0.2) is 22.9 Å². The summed E-state index contributed by atoms with van der Waals surface area (Å²) >= 11 is 0. The molecule has 2 rings (SSSR count). The number of sulfonamides is 1. The van der Waals surface area contributed by atoms with Gasteiger partial charge in [0.2, 0.25) is 10.0 Å². The highest BCUT2D eigenvalue weighted by atomic mass is 32.2. The van der Waals surface area contributed by atoms with E-state index in [1.54, 1.807) is 25.1 Å². The number of rotatable bonds is 7. The number of pyridine rings is 1. The molecule has 0 saturated carbocycles. The van der Waals surface area contributed by atoms with Crippen LogP contribution in [0.3, 0.4) is 0 Å². The van der Waals surface area contributed by atoms with Crippen molar-refractivity contribution in [3.05, 3.63) is 36.2 Å². The fraction of sp³-hybridized carbons (Fsp3) is 0.444. The Kier molecular flexibility index (Phi) is 6.00. The number of aromatic nitrogens is 1. The van der Waals surface area contributed by atoms with Crippen LogP contribution in [0.15, 0.2) is 35.4 Å². The zero-order chi connectivity index (χ0) is 19.5. The number of hydrogen-bond acceptors (Lipinski definition) is 6. The molecule has 0 aliphatic rings. The molecule has 1 atom stereocenters. The molecule has 1 aromatic heterocycles. The largest absolute Gasteiger partial charge is 0.464 e. The number of esters is 1. The number of aliphatic hydroxyl groups excluding tert-OH is 1. The summed E-state index contributed by atoms with van der Waals surface area (Å²) in [6.45, 7) is 5.60. The minimum Gasteiger partial charge on any atom is -0.464 e. The molecule has 2 aromatic rings. The lowest BCUT2D eigenvalue weighted by Crippen LogP contribution is -2.35. The van der Waals surface area contributed by atoms with Gasteiger partial charge >= 0.3 is 5.97 Å². The number of nitrogens with one attached hydrogen (secondary N) is 1. The van der Waals surface area contributed by atoms with Gasteiger partial charge in [-0.15, -0.1) is 0 Å². The number of aliphatic hydroxyl groups is 1. The molecule has 26 heavy (non-hydrogen) atoms. The van der Waals surface area contributed by atoms with E-state index in [9.17, 15) is 18.3 Å². The van der Waals surface area contributed by atoms with Gasteiger partial charge < -0.3 is 9.84 Å². The van der Waals surface area contributed by atoms with Crippen molar-refractivity contribution in [2.45, 2.75) is 38.2 Å². The van der Waals surface area contributed by atoms with E-state index in [4.69, 9.17) is 4.74 Å². The average molecular weight is 380 g/mol. The molecule has 0 fully saturated rings. The lowest BCUT2D eigenvalue weighted by Gasteiger charge is -2.26. The topological polar surface area (TPSA) is 106 Å². The van der Waals surface area contributed by atoms with Crippen molar-refractivity contribution in [1.82, 2.24) is 9.71 Å². The van der Waals surface area contributed by atoms with E-state index in [1.807, 2.05) is 13.8 Å². The Hall–Kier alpha value is -2.03. The highest BCUT2D eigenvalue weighted by molar-refractivity contribution is 7.89. The van der Waals surface area contributed by atoms with Crippen molar-refractivity contribution in [1.29, 1.82) is 0 Å². The van der Waals surface area contributed by atoms with Gasteiger partial charge in [0, 0.05) is 23.5 Å². The maximum Gasteiger partial charge on any atom is 0.357 e. The van der Waals surface area contributed by atoms with Crippen molar-refractivity contribution < 1.29 is 23.1 Å². The van der Waals surface area contributed by atoms with E-state index in [0.29, 0.717) is 17.2 Å². The highest BCUT2D eigenvalue weighted by Crippen LogP contribution is 2.26. The molecule has 142 valence electrons. The van der Waals surface area contributed by atoms with Crippen LogP contribution in [0.4, 0.5) is 0 Å². The average Bonchev–Trinajstić information content (AvgIpc) is 2.57. The molecule has 0 spiro atoms. The van der Waals surface area contributed by atoms with Crippen LogP contribution in [0.1, 0.15) is 37.7 Å². The van der Waals surface area contributed by atoms with Gasteiger partial charge in [0.05, 0.1) is 18.1 Å². The third kappa shape index (κ3) is 4.57. The lowest BCUT2D eigenvalue weighted by atomic mass is 9.87. The Bertz CT molecular complexity index is 907. The second-order valence-corrected chi connectivity index (χ2v) is 8.78. The van der Waals surface area contributed by atoms with Crippen molar-refractivity contribution in [2.75, 3.05) is 13.7 Å². The van der Waals surface area contributed by atoms with Gasteiger partial charge in [-0.1, -0.05) is 26.0 Å². The van der Waals surface area contributed by atoms with Crippen LogP contribution in [0, 0.1) is 5.41 Å². The zero-order valence-corrected chi connectivity index (χ0v) is 16.1. The second-order valence-electron chi connectivity index (χ2n) is 7.04. The summed E-state index contributed by atoms with van der Waals surface area (Å²) in [5.41, 5.74) is -0.346. The van der Waals surface area contributed by atoms with Crippen molar-refractivity contribution in [3.8, 4) is 0 Å². The first-order chi connectivity index (χ1) is 12.1. The van der Waals surface area contributed by atoms with E-state index in [2.05, 4.69) is 9.71 Å². The first-order valence-corrected chi connectivity index (χ1v) is 9.69. The Morgan fingerprint density at radius 2 is 2.00 bits per heavy atom. The van der Waals surface area contributed by atoms with E-state index in [0.717, 1.165) is 0 Å². The molecule has 0 aliphatic carbocycles. The molecule has 0 bridgehead atoms. The van der Waals surface area contributed by atoms with Crippen molar-refractivity contribution >= 4 is 26.8 Å². The molecule has 0 saturated heterocycles. The predicted molar refractivity (Wildman–Crippen MR) is 98.3 cm³/mol. The van der Waals surface area contributed by atoms with Crippen LogP contribution in [0.5, 0.6) is 0 Å². The lowest BCUT2D eigenvalue weighted by molar-refractivity contribution is 0.0596. The molecule has 7 nitrogen and oxygen atoms in total. The summed E-state index contributed by atoms with van der Waals surface area (Å²) in [4.78, 5) is 15.9. The van der Waals surface area contributed by atoms with Gasteiger partial charge in [-0.05, 0) is 30.9 Å². The van der Waals surface area contributed by atoms with Crippen LogP contribution in [-0.4, -0.2) is 44.2 Å². The van der Waals surface area contributed by atoms with E-state index in [1.165, 1.54) is 19.4 Å². The van der Waals surface area contributed by atoms with Crippen LogP contribution in [0.25, 0.3) is 10.8 Å². The van der Waals surface area contributed by atoms with Crippen molar-refractivity contribution in [3.63, 3.8) is 0 Å². The third-order valence-electron chi connectivity index (χ3n) is 4.02. The third-order valence-corrected chi connectivity index (χ3v) is 5.48. The quantitative estimate of drug-likeness (QED) is 0.713. The molecule has 0 unspecified atom stereocenters. The number of benzene rings is 1. The minimum absolute atomic E-state index is 0.0652. The summed E-state index contributed by atoms with van der Waals surface area (Å²) < 4.78 is 32.9. The van der Waals surface area contributed by atoms with Gasteiger partial charge in [-0.2, -0.15) is 0 Å². The Labute approximate surface area is 153 Å². The number of methoxy groups -OCH3 is 1. The van der Waals surface area contributed by atoms with Crippen LogP contribution < -0.4 is 4.72 Å². The highest BCUT2D eigenvalue weighted by Gasteiger charge is 2.25. The minimum atomic E-state index is -3.82. The number of carbonyl (C=O) groups is 1. The SMILES string of the molecule is COC(=O)c1nccc2c(S(=O)(=O)NCC(C)(C)C[C@H](C)O)cccc12. The first kappa shape index (κ1) is 20.3. The van der Waals surface area contributed by atoms with Crippen LogP contribution in [-0.2, 0) is 14.8 Å². The molecule has 8 heteroatoms. The van der Waals surface area contributed by atoms with E-state index >= 15 is 0 Å². The predicted octanol–water partition coefficient (Wildman–Crippen LogP) is 2.10. The fourth-order valence-electron chi connectivity index (χ4n) is 2.91. The molecular weight excluding hydrogens is 356 g/mol. The summed E-state index contributed by atoms with van der Waals surface area (Å²) in [5.74, 6) is -0.629. The number of carbonyl (C=O) groups excluding carboxylic acids is 1. The summed E-state index contributed by atoms with van der Waals surface area (Å²) in [5, 5.41) is 10.4. The smallest absolute Gasteiger partial charge is 0.357 e. The van der Waals surface area contributed by atoms with Gasteiger partial charge in [0.15, 0.2) is 5.69 Å². The van der Waals surface area contributed by atoms with Gasteiger partial charge in [-0.3, -0.25) is 0 Å². The molecule has 1 heterocycles. The molecule has 0 radical (unpaired) electrons. The Morgan fingerprint density at radius 1 is 1.31 bits per heavy atom. The number of nitrogens with zero attached hydrogens (tertiary/aromatic N) is 1. The molecule has 1 aromatic carbocycles. The van der Waals surface area contributed by atoms with Gasteiger partial charge in [0.25, 0.3) is 0 Å². The molecule has 0 aliphatic heterocycles. The second kappa shape index (κ2) is 7.69. The maximum atomic E-state index is 12.8. The van der Waals surface area contributed by atoms with E-state index < -0.39 is 27.5 Å². The summed E-state index contributed by atoms with van der Waals surface area (Å²) in [7, 11) is -2.57. The van der Waals surface area contributed by atoms with E-state index in [-0.39, 0.29) is 17.1 Å². The van der Waals surface area contributed by atoms with Crippen molar-refractivity contribution in [2.24, 2.45) is 5.41 Å². The number of hydrogen-bond donors (Lipinski definition) is 2. The standard InChI is InChI=1S/C18H24N2O5S/c1-12(21)10-18(2,3)11-20-26(23,24)15-7-5-6-14-13(15)8-9-19-16(14)17(22)25-4/h5-9,12,20-21H,10-11H2,1-4H3/t12-/m0/s1. The molecular formula is C18H24N2O5S. The maximum absolute atomic E-state index is 12.8. The summed E-state index contributed by atoms with van der Waals surface area (Å²) in [6, 6.07) is 6.22. The zero-order valence-electron chi connectivity index (χ0n) is 15.3. The number of fused-ring (bicyclic) bond motifs is 1. The normalized spacial score (nSPS) is 13.6. The molecule has 0 amide bonds. The number of ether oxygens (including phenoxy) is 1. The fourth-order valence-corrected chi connectivity index (χ4v) is 4.37. The van der Waals surface area contributed by atoms with Gasteiger partial charge in [0.1, 0.15) is 0 Å². The first-order valence-electron chi connectivity index (χ1n) is 8.21. The monoisotopic (exact) mass is 380 g/mol. The van der Waals surface area contributed by atoms with Crippen LogP contribution >= 0.6 is 0 Å². The molecule has 2 N–H and O–H groups in total. The Balaban J connectivity index is 2.41. The Morgan fingerprint density at radius 3 is 2.62 bits per heavy atom.